The van der Waals surface area contributed by atoms with Crippen LogP contribution in [0.1, 0.15) is 30.8 Å². The second-order valence-corrected chi connectivity index (χ2v) is 4.77. The van der Waals surface area contributed by atoms with Crippen LogP contribution in [0.2, 0.25) is 0 Å². The van der Waals surface area contributed by atoms with Gasteiger partial charge in [-0.1, -0.05) is 0 Å². The van der Waals surface area contributed by atoms with Crippen LogP contribution in [0.3, 0.4) is 0 Å². The van der Waals surface area contributed by atoms with Gasteiger partial charge >= 0.3 is 0 Å². The molecule has 0 saturated heterocycles. The van der Waals surface area contributed by atoms with Crippen molar-refractivity contribution in [1.82, 2.24) is 14.9 Å². The summed E-state index contributed by atoms with van der Waals surface area (Å²) in [5.41, 5.74) is 10.1. The topological polar surface area (TPSA) is 116 Å². The second-order valence-electron chi connectivity index (χ2n) is 4.77. The molecule has 0 aliphatic heterocycles. The molecule has 0 radical (unpaired) electrons. The maximum absolute atomic E-state index is 11.9. The molecule has 0 aromatic carbocycles. The third-order valence-electron chi connectivity index (χ3n) is 2.32. The highest BCUT2D eigenvalue weighted by Crippen LogP contribution is 2.09. The molecule has 100 valence electrons. The minimum absolute atomic E-state index is 0.0717. The van der Waals surface area contributed by atoms with Crippen molar-refractivity contribution in [1.29, 1.82) is 0 Å². The summed E-state index contributed by atoms with van der Waals surface area (Å²) in [6.07, 6.45) is 3.23. The van der Waals surface area contributed by atoms with Gasteiger partial charge in [-0.3, -0.25) is 9.59 Å². The van der Waals surface area contributed by atoms with Crippen molar-refractivity contribution in [2.45, 2.75) is 32.4 Å². The number of nitrogens with one attached hydrogen (secondary N) is 1. The predicted octanol–water partition coefficient (Wildman–Crippen LogP) is -0.774. The first kappa shape index (κ1) is 14.2. The molecular formula is C11H19N5O2. The Morgan fingerprint density at radius 1 is 1.50 bits per heavy atom. The van der Waals surface area contributed by atoms with Crippen molar-refractivity contribution in [2.24, 2.45) is 11.5 Å². The Kier molecular flexibility index (Phi) is 4.43. The monoisotopic (exact) mass is 253 g/mol. The molecule has 0 unspecified atom stereocenters. The summed E-state index contributed by atoms with van der Waals surface area (Å²) < 4.78 is 1.73. The molecule has 1 aromatic heterocycles. The second kappa shape index (κ2) is 5.63. The lowest BCUT2D eigenvalue weighted by atomic mass is 10.0. The fraction of sp³-hybridized carbons (Fsp3) is 0.545. The molecule has 7 nitrogen and oxygen atoms in total. The Hall–Kier alpha value is -1.89. The van der Waals surface area contributed by atoms with Gasteiger partial charge in [-0.15, -0.1) is 0 Å². The molecule has 0 aliphatic rings. The molecule has 0 fully saturated rings. The number of primary amides is 1. The van der Waals surface area contributed by atoms with Crippen LogP contribution in [0, 0.1) is 0 Å². The average Bonchev–Trinajstić information content (AvgIpc) is 2.63. The van der Waals surface area contributed by atoms with Gasteiger partial charge in [-0.2, -0.15) is 0 Å². The van der Waals surface area contributed by atoms with Crippen LogP contribution in [0.4, 0.5) is 0 Å². The van der Waals surface area contributed by atoms with Gasteiger partial charge in [-0.25, -0.2) is 4.98 Å². The van der Waals surface area contributed by atoms with E-state index in [0.29, 0.717) is 18.8 Å². The molecule has 7 heteroatoms. The Balaban J connectivity index is 2.66. The zero-order valence-electron chi connectivity index (χ0n) is 10.6. The minimum Gasteiger partial charge on any atom is -0.370 e. The third-order valence-corrected chi connectivity index (χ3v) is 2.32. The van der Waals surface area contributed by atoms with E-state index in [4.69, 9.17) is 11.5 Å². The maximum atomic E-state index is 11.9. The van der Waals surface area contributed by atoms with Gasteiger partial charge in [0.1, 0.15) is 5.69 Å². The van der Waals surface area contributed by atoms with Crippen molar-refractivity contribution in [3.8, 4) is 0 Å². The van der Waals surface area contributed by atoms with Crippen LogP contribution in [0.15, 0.2) is 12.5 Å². The van der Waals surface area contributed by atoms with E-state index in [9.17, 15) is 9.59 Å². The fourth-order valence-electron chi connectivity index (χ4n) is 1.60. The first-order valence-electron chi connectivity index (χ1n) is 5.67. The fourth-order valence-corrected chi connectivity index (χ4v) is 1.60. The molecule has 0 bridgehead atoms. The largest absolute Gasteiger partial charge is 0.370 e. The molecule has 0 aliphatic carbocycles. The summed E-state index contributed by atoms with van der Waals surface area (Å²) in [6, 6.07) is 0. The van der Waals surface area contributed by atoms with Crippen LogP contribution in [-0.4, -0.2) is 33.4 Å². The van der Waals surface area contributed by atoms with Gasteiger partial charge in [0, 0.05) is 31.2 Å². The van der Waals surface area contributed by atoms with Crippen molar-refractivity contribution in [3.63, 3.8) is 0 Å². The van der Waals surface area contributed by atoms with Crippen molar-refractivity contribution in [2.75, 3.05) is 6.54 Å². The molecule has 0 atom stereocenters. The lowest BCUT2D eigenvalue weighted by molar-refractivity contribution is -0.119. The number of nitrogens with two attached hydrogens (primary N) is 2. The summed E-state index contributed by atoms with van der Waals surface area (Å²) in [7, 11) is 0. The predicted molar refractivity (Wildman–Crippen MR) is 66.6 cm³/mol. The highest BCUT2D eigenvalue weighted by atomic mass is 16.2. The smallest absolute Gasteiger partial charge is 0.271 e. The third kappa shape index (κ3) is 4.17. The van der Waals surface area contributed by atoms with Crippen molar-refractivity contribution < 1.29 is 9.59 Å². The molecule has 0 spiro atoms. The highest BCUT2D eigenvalue weighted by molar-refractivity contribution is 5.93. The average molecular weight is 253 g/mol. The summed E-state index contributed by atoms with van der Waals surface area (Å²) in [5.74, 6) is -0.800. The van der Waals surface area contributed by atoms with Gasteiger partial charge in [-0.05, 0) is 13.8 Å². The Morgan fingerprint density at radius 3 is 2.72 bits per heavy atom. The van der Waals surface area contributed by atoms with E-state index >= 15 is 0 Å². The molecule has 2 amide bonds. The van der Waals surface area contributed by atoms with E-state index in [2.05, 4.69) is 10.3 Å². The number of carbonyl (C=O) groups excluding carboxylic acids is 2. The van der Waals surface area contributed by atoms with E-state index in [0.717, 1.165) is 0 Å². The number of carbonyl (C=O) groups is 2. The van der Waals surface area contributed by atoms with E-state index in [1.54, 1.807) is 30.9 Å². The zero-order chi connectivity index (χ0) is 13.8. The van der Waals surface area contributed by atoms with E-state index in [-0.39, 0.29) is 12.3 Å². The van der Waals surface area contributed by atoms with Gasteiger partial charge in [0.05, 0.1) is 6.33 Å². The number of hydrogen-bond acceptors (Lipinski definition) is 4. The van der Waals surface area contributed by atoms with Gasteiger partial charge in [0.15, 0.2) is 0 Å². The van der Waals surface area contributed by atoms with Crippen LogP contribution < -0.4 is 16.8 Å². The van der Waals surface area contributed by atoms with Gasteiger partial charge in [0.25, 0.3) is 5.91 Å². The standard InChI is InChI=1S/C11H19N5O2/c1-11(2,5-9(13)17)15-10(18)8-6-16(4-3-12)7-14-8/h6-7H,3-5,12H2,1-2H3,(H2,13,17)(H,15,18). The molecular weight excluding hydrogens is 234 g/mol. The first-order chi connectivity index (χ1) is 8.34. The zero-order valence-corrected chi connectivity index (χ0v) is 10.6. The molecule has 0 saturated carbocycles. The van der Waals surface area contributed by atoms with Crippen molar-refractivity contribution >= 4 is 11.8 Å². The SMILES string of the molecule is CC(C)(CC(N)=O)NC(=O)c1cn(CCN)cn1. The Morgan fingerprint density at radius 2 is 2.17 bits per heavy atom. The van der Waals surface area contributed by atoms with Crippen molar-refractivity contribution in [3.05, 3.63) is 18.2 Å². The Labute approximate surface area is 106 Å². The number of nitrogens with zero attached hydrogens (tertiary/aromatic N) is 2. The number of aromatic nitrogens is 2. The Bertz CT molecular complexity index is 438. The summed E-state index contributed by atoms with van der Waals surface area (Å²) >= 11 is 0. The van der Waals surface area contributed by atoms with E-state index in [1.807, 2.05) is 0 Å². The van der Waals surface area contributed by atoms with Crippen LogP contribution >= 0.6 is 0 Å². The van der Waals surface area contributed by atoms with Gasteiger partial charge in [0.2, 0.25) is 5.91 Å². The maximum Gasteiger partial charge on any atom is 0.271 e. The van der Waals surface area contributed by atoms with E-state index < -0.39 is 11.4 Å². The summed E-state index contributed by atoms with van der Waals surface area (Å²) in [6.45, 7) is 4.54. The first-order valence-corrected chi connectivity index (χ1v) is 5.67. The van der Waals surface area contributed by atoms with Gasteiger partial charge < -0.3 is 21.4 Å². The quantitative estimate of drug-likeness (QED) is 0.617. The van der Waals surface area contributed by atoms with Crippen LogP contribution in [-0.2, 0) is 11.3 Å². The number of hydrogen-bond donors (Lipinski definition) is 3. The number of imidazole rings is 1. The highest BCUT2D eigenvalue weighted by Gasteiger charge is 2.24. The molecule has 1 aromatic rings. The van der Waals surface area contributed by atoms with Crippen LogP contribution in [0.5, 0.6) is 0 Å². The molecule has 1 rings (SSSR count). The summed E-state index contributed by atoms with van der Waals surface area (Å²) in [5, 5.41) is 2.71. The number of rotatable bonds is 6. The lowest BCUT2D eigenvalue weighted by Gasteiger charge is -2.24. The lowest BCUT2D eigenvalue weighted by Crippen LogP contribution is -2.46. The molecule has 1 heterocycles. The normalized spacial score (nSPS) is 11.3. The van der Waals surface area contributed by atoms with Crippen LogP contribution in [0.25, 0.3) is 0 Å². The number of amides is 2. The summed E-state index contributed by atoms with van der Waals surface area (Å²) in [4.78, 5) is 26.7. The van der Waals surface area contributed by atoms with E-state index in [1.165, 1.54) is 0 Å². The minimum atomic E-state index is -0.694. The molecule has 5 N–H and O–H groups in total. The molecule has 18 heavy (non-hydrogen) atoms.